The topological polar surface area (TPSA) is 64.8 Å². The Kier molecular flexibility index (Phi) is 10.2. The van der Waals surface area contributed by atoms with Crippen LogP contribution >= 0.6 is 12.4 Å². The second kappa shape index (κ2) is 12.2. The number of hydrogen-bond donors (Lipinski definition) is 1. The number of nitrogens with zero attached hydrogens (tertiary/aromatic N) is 1. The molecule has 0 bridgehead atoms. The average Bonchev–Trinajstić information content (AvgIpc) is 2.65. The molecule has 0 aliphatic rings. The van der Waals surface area contributed by atoms with Gasteiger partial charge in [-0.3, -0.25) is 4.79 Å². The van der Waals surface area contributed by atoms with E-state index in [4.69, 9.17) is 15.2 Å². The van der Waals surface area contributed by atoms with E-state index in [2.05, 4.69) is 12.1 Å². The van der Waals surface area contributed by atoms with Crippen LogP contribution in [0.2, 0.25) is 0 Å². The highest BCUT2D eigenvalue weighted by atomic mass is 35.5. The monoisotopic (exact) mass is 378 g/mol. The highest BCUT2D eigenvalue weighted by molar-refractivity contribution is 5.85. The molecule has 0 unspecified atom stereocenters. The summed E-state index contributed by atoms with van der Waals surface area (Å²) in [5.41, 5.74) is 6.85. The van der Waals surface area contributed by atoms with Crippen LogP contribution in [0.3, 0.4) is 0 Å². The van der Waals surface area contributed by atoms with Gasteiger partial charge in [0.2, 0.25) is 0 Å². The SMILES string of the molecule is CCOc1ccccc1OCC(=O)N(CCN)CCc1ccccc1.Cl. The Morgan fingerprint density at radius 3 is 2.19 bits per heavy atom. The van der Waals surface area contributed by atoms with Crippen LogP contribution in [0.4, 0.5) is 0 Å². The molecule has 0 aliphatic carbocycles. The normalized spacial score (nSPS) is 9.92. The first-order chi connectivity index (χ1) is 12.2. The Hall–Kier alpha value is -2.24. The highest BCUT2D eigenvalue weighted by Crippen LogP contribution is 2.26. The highest BCUT2D eigenvalue weighted by Gasteiger charge is 2.14. The van der Waals surface area contributed by atoms with Crippen molar-refractivity contribution in [3.05, 3.63) is 60.2 Å². The van der Waals surface area contributed by atoms with E-state index in [-0.39, 0.29) is 24.9 Å². The minimum atomic E-state index is -0.0762. The van der Waals surface area contributed by atoms with Gasteiger partial charge in [-0.05, 0) is 31.0 Å². The first-order valence-electron chi connectivity index (χ1n) is 8.61. The van der Waals surface area contributed by atoms with Gasteiger partial charge in [-0.1, -0.05) is 42.5 Å². The molecular weight excluding hydrogens is 352 g/mol. The van der Waals surface area contributed by atoms with E-state index < -0.39 is 0 Å². The Bertz CT molecular complexity index is 653. The fourth-order valence-electron chi connectivity index (χ4n) is 2.50. The lowest BCUT2D eigenvalue weighted by molar-refractivity contribution is -0.133. The summed E-state index contributed by atoms with van der Waals surface area (Å²) >= 11 is 0. The lowest BCUT2D eigenvalue weighted by atomic mass is 10.1. The molecule has 0 atom stereocenters. The summed E-state index contributed by atoms with van der Waals surface area (Å²) < 4.78 is 11.2. The molecule has 1 amide bonds. The van der Waals surface area contributed by atoms with Crippen LogP contribution in [0.1, 0.15) is 12.5 Å². The number of amides is 1. The fourth-order valence-corrected chi connectivity index (χ4v) is 2.50. The van der Waals surface area contributed by atoms with Crippen molar-refractivity contribution in [1.82, 2.24) is 4.90 Å². The molecule has 0 heterocycles. The molecule has 2 aromatic rings. The van der Waals surface area contributed by atoms with Gasteiger partial charge >= 0.3 is 0 Å². The minimum absolute atomic E-state index is 0. The van der Waals surface area contributed by atoms with Gasteiger partial charge in [-0.2, -0.15) is 0 Å². The van der Waals surface area contributed by atoms with Crippen LogP contribution in [0.5, 0.6) is 11.5 Å². The molecule has 0 saturated heterocycles. The molecular formula is C20H27ClN2O3. The van der Waals surface area contributed by atoms with E-state index in [0.29, 0.717) is 37.7 Å². The average molecular weight is 379 g/mol. The number of rotatable bonds is 10. The quantitative estimate of drug-likeness (QED) is 0.690. The van der Waals surface area contributed by atoms with Gasteiger partial charge in [0.15, 0.2) is 18.1 Å². The van der Waals surface area contributed by atoms with E-state index >= 15 is 0 Å². The Morgan fingerprint density at radius 2 is 1.58 bits per heavy atom. The van der Waals surface area contributed by atoms with E-state index in [0.717, 1.165) is 6.42 Å². The number of para-hydroxylation sites is 2. The molecule has 2 aromatic carbocycles. The van der Waals surface area contributed by atoms with Crippen LogP contribution in [-0.2, 0) is 11.2 Å². The summed E-state index contributed by atoms with van der Waals surface area (Å²) in [4.78, 5) is 14.2. The lowest BCUT2D eigenvalue weighted by Crippen LogP contribution is -2.39. The zero-order chi connectivity index (χ0) is 17.9. The van der Waals surface area contributed by atoms with Crippen molar-refractivity contribution < 1.29 is 14.3 Å². The molecule has 0 radical (unpaired) electrons. The molecule has 26 heavy (non-hydrogen) atoms. The maximum absolute atomic E-state index is 12.5. The van der Waals surface area contributed by atoms with Gasteiger partial charge in [0.1, 0.15) is 0 Å². The number of ether oxygens (including phenoxy) is 2. The zero-order valence-electron chi connectivity index (χ0n) is 15.1. The molecule has 142 valence electrons. The van der Waals surface area contributed by atoms with E-state index in [1.54, 1.807) is 11.0 Å². The van der Waals surface area contributed by atoms with Gasteiger partial charge in [0, 0.05) is 19.6 Å². The van der Waals surface area contributed by atoms with Gasteiger partial charge in [-0.25, -0.2) is 0 Å². The molecule has 0 spiro atoms. The van der Waals surface area contributed by atoms with Crippen molar-refractivity contribution in [3.8, 4) is 11.5 Å². The lowest BCUT2D eigenvalue weighted by Gasteiger charge is -2.22. The van der Waals surface area contributed by atoms with Crippen molar-refractivity contribution in [2.75, 3.05) is 32.8 Å². The number of hydrogen-bond acceptors (Lipinski definition) is 4. The number of carbonyl (C=O) groups is 1. The van der Waals surface area contributed by atoms with E-state index in [1.807, 2.05) is 43.3 Å². The van der Waals surface area contributed by atoms with Crippen molar-refractivity contribution in [3.63, 3.8) is 0 Å². The molecule has 6 heteroatoms. The van der Waals surface area contributed by atoms with Crippen LogP contribution in [0.25, 0.3) is 0 Å². The van der Waals surface area contributed by atoms with E-state index in [9.17, 15) is 4.79 Å². The van der Waals surface area contributed by atoms with Crippen molar-refractivity contribution in [2.24, 2.45) is 5.73 Å². The first kappa shape index (κ1) is 21.8. The van der Waals surface area contributed by atoms with Crippen LogP contribution in [0.15, 0.2) is 54.6 Å². The molecule has 5 nitrogen and oxygen atoms in total. The van der Waals surface area contributed by atoms with Gasteiger partial charge in [0.05, 0.1) is 6.61 Å². The minimum Gasteiger partial charge on any atom is -0.490 e. The zero-order valence-corrected chi connectivity index (χ0v) is 15.9. The molecule has 0 aromatic heterocycles. The van der Waals surface area contributed by atoms with Gasteiger partial charge in [-0.15, -0.1) is 12.4 Å². The maximum Gasteiger partial charge on any atom is 0.260 e. The summed E-state index contributed by atoms with van der Waals surface area (Å²) in [6, 6.07) is 17.5. The molecule has 0 saturated carbocycles. The van der Waals surface area contributed by atoms with Gasteiger partial charge in [0.25, 0.3) is 5.91 Å². The Morgan fingerprint density at radius 1 is 0.962 bits per heavy atom. The van der Waals surface area contributed by atoms with Crippen molar-refractivity contribution in [2.45, 2.75) is 13.3 Å². The second-order valence-electron chi connectivity index (χ2n) is 5.57. The fraction of sp³-hybridized carbons (Fsp3) is 0.350. The van der Waals surface area contributed by atoms with Crippen molar-refractivity contribution >= 4 is 18.3 Å². The standard InChI is InChI=1S/C20H26N2O3.ClH/c1-2-24-18-10-6-7-11-19(18)25-16-20(23)22(15-13-21)14-12-17-8-4-3-5-9-17;/h3-11H,2,12-16,21H2,1H3;1H. The van der Waals surface area contributed by atoms with Crippen molar-refractivity contribution in [1.29, 1.82) is 0 Å². The molecule has 2 rings (SSSR count). The summed E-state index contributed by atoms with van der Waals surface area (Å²) in [6.07, 6.45) is 0.794. The summed E-state index contributed by atoms with van der Waals surface area (Å²) in [6.45, 7) is 3.99. The molecule has 0 aliphatic heterocycles. The smallest absolute Gasteiger partial charge is 0.260 e. The third-order valence-electron chi connectivity index (χ3n) is 3.77. The maximum atomic E-state index is 12.5. The third-order valence-corrected chi connectivity index (χ3v) is 3.77. The number of halogens is 1. The van der Waals surface area contributed by atoms with E-state index in [1.165, 1.54) is 5.56 Å². The van der Waals surface area contributed by atoms with Crippen LogP contribution in [0, 0.1) is 0 Å². The second-order valence-corrected chi connectivity index (χ2v) is 5.57. The summed E-state index contributed by atoms with van der Waals surface area (Å²) in [5, 5.41) is 0. The third kappa shape index (κ3) is 6.94. The number of benzene rings is 2. The summed E-state index contributed by atoms with van der Waals surface area (Å²) in [7, 11) is 0. The predicted octanol–water partition coefficient (Wildman–Crippen LogP) is 2.92. The largest absolute Gasteiger partial charge is 0.490 e. The Balaban J connectivity index is 0.00000338. The molecule has 0 fully saturated rings. The Labute approximate surface area is 161 Å². The number of nitrogens with two attached hydrogens (primary N) is 1. The van der Waals surface area contributed by atoms with Crippen LogP contribution < -0.4 is 15.2 Å². The molecule has 2 N–H and O–H groups in total. The first-order valence-corrected chi connectivity index (χ1v) is 8.61. The number of carbonyl (C=O) groups excluding carboxylic acids is 1. The van der Waals surface area contributed by atoms with Gasteiger partial charge < -0.3 is 20.1 Å². The van der Waals surface area contributed by atoms with Crippen LogP contribution in [-0.4, -0.2) is 43.7 Å². The predicted molar refractivity (Wildman–Crippen MR) is 106 cm³/mol. The summed E-state index contributed by atoms with van der Waals surface area (Å²) in [5.74, 6) is 1.15.